The number of hydrogen-bond donors (Lipinski definition) is 0. The highest BCUT2D eigenvalue weighted by molar-refractivity contribution is 5.81. The Labute approximate surface area is 126 Å². The van der Waals surface area contributed by atoms with Crippen LogP contribution in [0, 0.1) is 0 Å². The van der Waals surface area contributed by atoms with Crippen LogP contribution in [0.3, 0.4) is 0 Å². The molecule has 0 bridgehead atoms. The normalized spacial score (nSPS) is 12.5. The second-order valence-corrected chi connectivity index (χ2v) is 5.44. The Hall–Kier alpha value is -1.60. The molecule has 0 unspecified atom stereocenters. The fourth-order valence-corrected chi connectivity index (χ4v) is 1.44. The first-order valence-corrected chi connectivity index (χ1v) is 6.58. The molecule has 0 rings (SSSR count). The largest absolute Gasteiger partial charge is 0.444 e. The predicted molar refractivity (Wildman–Crippen MR) is 78.6 cm³/mol. The molecule has 2 amide bonds. The molecule has 0 aliphatic rings. The van der Waals surface area contributed by atoms with Crippen LogP contribution in [-0.4, -0.2) is 68.0 Å². The summed E-state index contributed by atoms with van der Waals surface area (Å²) in [7, 11) is 4.34. The average molecular weight is 302 g/mol. The van der Waals surface area contributed by atoms with Crippen molar-refractivity contribution in [1.29, 1.82) is 0 Å². The Balaban J connectivity index is 5.12. The molecule has 0 aromatic rings. The summed E-state index contributed by atoms with van der Waals surface area (Å²) in [6.07, 6.45) is 0.926. The van der Waals surface area contributed by atoms with Gasteiger partial charge in [-0.25, -0.2) is 9.86 Å². The summed E-state index contributed by atoms with van der Waals surface area (Å²) < 4.78 is 10.4. The molecule has 0 spiro atoms. The molecule has 0 heterocycles. The van der Waals surface area contributed by atoms with Gasteiger partial charge < -0.3 is 9.47 Å². The summed E-state index contributed by atoms with van der Waals surface area (Å²) in [5.41, 5.74) is -0.662. The summed E-state index contributed by atoms with van der Waals surface area (Å²) in [5.74, 6) is -0.383. The quantitative estimate of drug-likeness (QED) is 0.526. The molecule has 0 saturated heterocycles. The van der Waals surface area contributed by atoms with E-state index < -0.39 is 17.7 Å². The maximum absolute atomic E-state index is 12.3. The zero-order valence-corrected chi connectivity index (χ0v) is 13.7. The van der Waals surface area contributed by atoms with Gasteiger partial charge in [-0.05, 0) is 20.8 Å². The maximum atomic E-state index is 12.3. The van der Waals surface area contributed by atoms with Gasteiger partial charge in [0.2, 0.25) is 0 Å². The van der Waals surface area contributed by atoms with Gasteiger partial charge in [0, 0.05) is 14.2 Å². The maximum Gasteiger partial charge on any atom is 0.411 e. The fourth-order valence-electron chi connectivity index (χ4n) is 1.44. The number of likely N-dealkylation sites (N-methyl/N-ethyl adjacent to an activating group) is 1. The summed E-state index contributed by atoms with van der Waals surface area (Å²) in [6.45, 7) is 8.95. The number of hydrogen-bond acceptors (Lipinski definition) is 5. The number of hydroxylamine groups is 2. The zero-order chi connectivity index (χ0) is 16.6. The minimum atomic E-state index is -0.662. The van der Waals surface area contributed by atoms with Gasteiger partial charge in [-0.2, -0.15) is 0 Å². The molecule has 0 N–H and O–H groups in total. The van der Waals surface area contributed by atoms with Crippen molar-refractivity contribution in [1.82, 2.24) is 9.96 Å². The standard InChI is InChI=1S/C14H26N2O5/c1-8-11(10-19-6)16(9-12(17)15(5)20-7)13(18)21-14(2,3)4/h8,11H,1,9-10H2,2-7H3/t11-/m0/s1. The van der Waals surface area contributed by atoms with E-state index in [1.807, 2.05) is 0 Å². The fraction of sp³-hybridized carbons (Fsp3) is 0.714. The number of carbonyl (C=O) groups is 2. The second-order valence-electron chi connectivity index (χ2n) is 5.44. The van der Waals surface area contributed by atoms with Gasteiger partial charge in [0.1, 0.15) is 12.1 Å². The van der Waals surface area contributed by atoms with Crippen molar-refractivity contribution in [2.75, 3.05) is 34.4 Å². The van der Waals surface area contributed by atoms with Crippen molar-refractivity contribution in [2.45, 2.75) is 32.4 Å². The summed E-state index contributed by atoms with van der Waals surface area (Å²) in [4.78, 5) is 30.3. The third-order valence-corrected chi connectivity index (χ3v) is 2.57. The molecule has 0 saturated carbocycles. The smallest absolute Gasteiger partial charge is 0.411 e. The van der Waals surface area contributed by atoms with Crippen LogP contribution in [0.2, 0.25) is 0 Å². The Bertz CT molecular complexity index is 365. The molecule has 122 valence electrons. The van der Waals surface area contributed by atoms with E-state index in [-0.39, 0.29) is 19.1 Å². The Kier molecular flexibility index (Phi) is 7.98. The molecule has 1 atom stereocenters. The van der Waals surface area contributed by atoms with Gasteiger partial charge in [-0.3, -0.25) is 14.5 Å². The zero-order valence-electron chi connectivity index (χ0n) is 13.7. The van der Waals surface area contributed by atoms with Crippen molar-refractivity contribution in [3.05, 3.63) is 12.7 Å². The van der Waals surface area contributed by atoms with E-state index in [4.69, 9.17) is 14.3 Å². The first-order chi connectivity index (χ1) is 9.66. The van der Waals surface area contributed by atoms with Crippen molar-refractivity contribution < 1.29 is 23.9 Å². The van der Waals surface area contributed by atoms with Crippen LogP contribution >= 0.6 is 0 Å². The molecule has 0 radical (unpaired) electrons. The van der Waals surface area contributed by atoms with Crippen LogP contribution in [0.25, 0.3) is 0 Å². The number of ether oxygens (including phenoxy) is 2. The topological polar surface area (TPSA) is 68.3 Å². The minimum Gasteiger partial charge on any atom is -0.444 e. The molecule has 0 aliphatic carbocycles. The SMILES string of the molecule is C=C[C@@H](COC)N(CC(=O)N(C)OC)C(=O)OC(C)(C)C. The predicted octanol–water partition coefficient (Wildman–Crippen LogP) is 1.44. The first-order valence-electron chi connectivity index (χ1n) is 6.58. The average Bonchev–Trinajstić information content (AvgIpc) is 2.39. The molecule has 0 fully saturated rings. The van der Waals surface area contributed by atoms with Gasteiger partial charge in [0.15, 0.2) is 0 Å². The number of amides is 2. The summed E-state index contributed by atoms with van der Waals surface area (Å²) in [5, 5.41) is 1.05. The molecule has 0 aliphatic heterocycles. The molecule has 0 aromatic carbocycles. The molecule has 7 heteroatoms. The summed E-state index contributed by atoms with van der Waals surface area (Å²) >= 11 is 0. The van der Waals surface area contributed by atoms with E-state index in [9.17, 15) is 9.59 Å². The van der Waals surface area contributed by atoms with E-state index in [1.165, 1.54) is 32.2 Å². The van der Waals surface area contributed by atoms with Crippen LogP contribution in [0.1, 0.15) is 20.8 Å². The molecular formula is C14H26N2O5. The van der Waals surface area contributed by atoms with Crippen LogP contribution in [0.15, 0.2) is 12.7 Å². The van der Waals surface area contributed by atoms with Crippen LogP contribution in [0.4, 0.5) is 4.79 Å². The van der Waals surface area contributed by atoms with E-state index in [0.717, 1.165) is 5.06 Å². The molecule has 21 heavy (non-hydrogen) atoms. The van der Waals surface area contributed by atoms with Gasteiger partial charge >= 0.3 is 6.09 Å². The van der Waals surface area contributed by atoms with Gasteiger partial charge in [-0.1, -0.05) is 6.08 Å². The minimum absolute atomic E-state index is 0.195. The Morgan fingerprint density at radius 3 is 2.24 bits per heavy atom. The lowest BCUT2D eigenvalue weighted by Gasteiger charge is -2.32. The Morgan fingerprint density at radius 1 is 1.29 bits per heavy atom. The van der Waals surface area contributed by atoms with Gasteiger partial charge in [0.05, 0.1) is 19.8 Å². The number of methoxy groups -OCH3 is 1. The number of carbonyl (C=O) groups excluding carboxylic acids is 2. The van der Waals surface area contributed by atoms with E-state index in [0.29, 0.717) is 0 Å². The van der Waals surface area contributed by atoms with Crippen molar-refractivity contribution in [3.8, 4) is 0 Å². The van der Waals surface area contributed by atoms with Crippen molar-refractivity contribution in [3.63, 3.8) is 0 Å². The Morgan fingerprint density at radius 2 is 1.86 bits per heavy atom. The third-order valence-electron chi connectivity index (χ3n) is 2.57. The lowest BCUT2D eigenvalue weighted by Crippen LogP contribution is -2.49. The highest BCUT2D eigenvalue weighted by Crippen LogP contribution is 2.13. The van der Waals surface area contributed by atoms with Gasteiger partial charge in [0.25, 0.3) is 5.91 Å². The van der Waals surface area contributed by atoms with Crippen LogP contribution in [-0.2, 0) is 19.1 Å². The van der Waals surface area contributed by atoms with Gasteiger partial charge in [-0.15, -0.1) is 6.58 Å². The highest BCUT2D eigenvalue weighted by atomic mass is 16.7. The summed E-state index contributed by atoms with van der Waals surface area (Å²) in [6, 6.07) is -0.473. The van der Waals surface area contributed by atoms with Crippen molar-refractivity contribution in [2.24, 2.45) is 0 Å². The first kappa shape index (κ1) is 19.4. The van der Waals surface area contributed by atoms with Crippen LogP contribution < -0.4 is 0 Å². The molecular weight excluding hydrogens is 276 g/mol. The van der Waals surface area contributed by atoms with E-state index in [1.54, 1.807) is 20.8 Å². The number of nitrogens with zero attached hydrogens (tertiary/aromatic N) is 2. The third kappa shape index (κ3) is 7.10. The second kappa shape index (κ2) is 8.63. The van der Waals surface area contributed by atoms with Crippen LogP contribution in [0.5, 0.6) is 0 Å². The van der Waals surface area contributed by atoms with E-state index in [2.05, 4.69) is 6.58 Å². The van der Waals surface area contributed by atoms with Crippen molar-refractivity contribution >= 4 is 12.0 Å². The highest BCUT2D eigenvalue weighted by Gasteiger charge is 2.29. The lowest BCUT2D eigenvalue weighted by molar-refractivity contribution is -0.170. The molecule has 0 aromatic heterocycles. The van der Waals surface area contributed by atoms with E-state index >= 15 is 0 Å². The monoisotopic (exact) mass is 302 g/mol. The number of rotatable bonds is 7. The molecule has 7 nitrogen and oxygen atoms in total. The lowest BCUT2D eigenvalue weighted by atomic mass is 10.2.